The molecule has 10 heteroatoms. The van der Waals surface area contributed by atoms with E-state index in [9.17, 15) is 24.5 Å². The molecule has 0 unspecified atom stereocenters. The fraction of sp³-hybridized carbons (Fsp3) is 0.414. The minimum atomic E-state index is -1.49. The topological polar surface area (TPSA) is 125 Å². The second-order valence-electron chi connectivity index (χ2n) is 10.8. The first kappa shape index (κ1) is 31.0. The second kappa shape index (κ2) is 13.5. The van der Waals surface area contributed by atoms with Crippen LogP contribution in [0.2, 0.25) is 0 Å². The van der Waals surface area contributed by atoms with Gasteiger partial charge in [0.2, 0.25) is 6.20 Å². The minimum absolute atomic E-state index is 0.0296. The lowest BCUT2D eigenvalue weighted by molar-refractivity contribution is -0.401. The molecule has 0 N–H and O–H groups in total. The first-order chi connectivity index (χ1) is 18.2. The summed E-state index contributed by atoms with van der Waals surface area (Å²) < 4.78 is 16.4. The monoisotopic (exact) mass is 540 g/mol. The third-order valence-corrected chi connectivity index (χ3v) is 5.08. The van der Waals surface area contributed by atoms with E-state index in [0.717, 1.165) is 6.20 Å². The van der Waals surface area contributed by atoms with Crippen LogP contribution in [-0.4, -0.2) is 45.2 Å². The molecule has 0 spiro atoms. The minimum Gasteiger partial charge on any atom is -0.459 e. The van der Waals surface area contributed by atoms with Crippen molar-refractivity contribution in [1.29, 1.82) is 0 Å². The smallest absolute Gasteiger partial charge is 0.420 e. The van der Waals surface area contributed by atoms with Crippen LogP contribution in [0.5, 0.6) is 0 Å². The first-order valence-electron chi connectivity index (χ1n) is 12.5. The van der Waals surface area contributed by atoms with Gasteiger partial charge in [-0.15, -0.1) is 0 Å². The lowest BCUT2D eigenvalue weighted by atomic mass is 9.99. The van der Waals surface area contributed by atoms with Crippen molar-refractivity contribution in [3.05, 3.63) is 88.1 Å². The number of ether oxygens (including phenoxy) is 3. The number of imide groups is 1. The fourth-order valence-corrected chi connectivity index (χ4v) is 3.48. The Morgan fingerprint density at radius 1 is 0.872 bits per heavy atom. The number of carbonyl (C=O) groups is 3. The van der Waals surface area contributed by atoms with E-state index in [4.69, 9.17) is 14.2 Å². The predicted molar refractivity (Wildman–Crippen MR) is 145 cm³/mol. The molecule has 0 saturated carbocycles. The third kappa shape index (κ3) is 11.0. The number of benzene rings is 2. The van der Waals surface area contributed by atoms with Crippen LogP contribution in [-0.2, 0) is 25.6 Å². The number of nitro groups is 1. The quantitative estimate of drug-likeness (QED) is 0.155. The lowest BCUT2D eigenvalue weighted by Crippen LogP contribution is -2.52. The zero-order valence-electron chi connectivity index (χ0n) is 23.2. The van der Waals surface area contributed by atoms with E-state index in [-0.39, 0.29) is 19.4 Å². The van der Waals surface area contributed by atoms with Crippen LogP contribution in [0, 0.1) is 10.1 Å². The molecular formula is C29H36N2O8. The normalized spacial score (nSPS) is 12.7. The van der Waals surface area contributed by atoms with Gasteiger partial charge in [0.1, 0.15) is 23.9 Å². The highest BCUT2D eigenvalue weighted by Gasteiger charge is 2.41. The van der Waals surface area contributed by atoms with Crippen molar-refractivity contribution in [2.24, 2.45) is 0 Å². The number of nitrogens with zero attached hydrogens (tertiary/aromatic N) is 2. The van der Waals surface area contributed by atoms with Crippen LogP contribution in [0.25, 0.3) is 5.57 Å². The Labute approximate surface area is 228 Å². The summed E-state index contributed by atoms with van der Waals surface area (Å²) in [4.78, 5) is 51.3. The summed E-state index contributed by atoms with van der Waals surface area (Å²) in [7, 11) is 0. The van der Waals surface area contributed by atoms with Crippen LogP contribution in [0.1, 0.15) is 65.5 Å². The van der Waals surface area contributed by atoms with Gasteiger partial charge in [0.15, 0.2) is 0 Å². The summed E-state index contributed by atoms with van der Waals surface area (Å²) in [5.74, 6) is -0.885. The van der Waals surface area contributed by atoms with Gasteiger partial charge in [-0.1, -0.05) is 60.7 Å². The van der Waals surface area contributed by atoms with Crippen molar-refractivity contribution in [2.75, 3.05) is 0 Å². The van der Waals surface area contributed by atoms with Gasteiger partial charge in [-0.3, -0.25) is 10.1 Å². The molecule has 0 aliphatic carbocycles. The molecule has 0 aliphatic heterocycles. The van der Waals surface area contributed by atoms with Crippen molar-refractivity contribution < 1.29 is 33.5 Å². The van der Waals surface area contributed by atoms with Crippen LogP contribution in [0.15, 0.2) is 66.9 Å². The standard InChI is InChI=1S/C29H36N2O8/c1-28(2,3)38-26(33)31(27(34)39-29(4,5)6)24(25(32)37-20-21-13-9-7-10-14-21)18-17-23(19-30(35)36)22-15-11-8-12-16-22/h7-16,19,24H,17-18,20H2,1-6H3/b23-19-/t24-/m1/s1. The highest BCUT2D eigenvalue weighted by atomic mass is 16.6. The molecule has 0 aliphatic rings. The van der Waals surface area contributed by atoms with Crippen LogP contribution in [0.4, 0.5) is 9.59 Å². The van der Waals surface area contributed by atoms with Gasteiger partial charge in [-0.05, 0) is 65.5 Å². The molecule has 0 aromatic heterocycles. The number of allylic oxidation sites excluding steroid dienone is 1. The van der Waals surface area contributed by atoms with E-state index in [1.807, 2.05) is 6.07 Å². The average Bonchev–Trinajstić information content (AvgIpc) is 2.82. The molecule has 10 nitrogen and oxygen atoms in total. The largest absolute Gasteiger partial charge is 0.459 e. The number of carbonyl (C=O) groups excluding carboxylic acids is 3. The maximum absolute atomic E-state index is 13.4. The lowest BCUT2D eigenvalue weighted by Gasteiger charge is -2.32. The summed E-state index contributed by atoms with van der Waals surface area (Å²) in [5.41, 5.74) is -0.419. The molecule has 0 fully saturated rings. The van der Waals surface area contributed by atoms with Crippen molar-refractivity contribution in [2.45, 2.75) is 78.2 Å². The zero-order chi connectivity index (χ0) is 29.2. The molecule has 39 heavy (non-hydrogen) atoms. The molecule has 2 rings (SSSR count). The number of rotatable bonds is 9. The Bertz CT molecular complexity index is 1140. The second-order valence-corrected chi connectivity index (χ2v) is 10.8. The first-order valence-corrected chi connectivity index (χ1v) is 12.5. The molecule has 1 atom stereocenters. The van der Waals surface area contributed by atoms with Gasteiger partial charge in [0, 0.05) is 5.57 Å². The molecule has 210 valence electrons. The Hall–Kier alpha value is -4.21. The Morgan fingerprint density at radius 2 is 1.36 bits per heavy atom. The maximum Gasteiger partial charge on any atom is 0.420 e. The number of esters is 1. The van der Waals surface area contributed by atoms with Gasteiger partial charge in [-0.2, -0.15) is 4.90 Å². The number of amides is 2. The van der Waals surface area contributed by atoms with Gasteiger partial charge < -0.3 is 14.2 Å². The Kier molecular flexibility index (Phi) is 10.8. The third-order valence-electron chi connectivity index (χ3n) is 5.08. The molecule has 0 bridgehead atoms. The maximum atomic E-state index is 13.4. The molecule has 2 aromatic rings. The molecule has 2 amide bonds. The summed E-state index contributed by atoms with van der Waals surface area (Å²) in [6.07, 6.45) is -1.57. The number of hydrogen-bond acceptors (Lipinski definition) is 8. The van der Waals surface area contributed by atoms with Crippen LogP contribution in [0.3, 0.4) is 0 Å². The van der Waals surface area contributed by atoms with Gasteiger partial charge in [0.25, 0.3) is 0 Å². The molecule has 2 aromatic carbocycles. The van der Waals surface area contributed by atoms with E-state index in [0.29, 0.717) is 21.6 Å². The number of hydrogen-bond donors (Lipinski definition) is 0. The highest BCUT2D eigenvalue weighted by Crippen LogP contribution is 2.25. The van der Waals surface area contributed by atoms with Crippen molar-refractivity contribution in [3.8, 4) is 0 Å². The molecular weight excluding hydrogens is 504 g/mol. The predicted octanol–water partition coefficient (Wildman–Crippen LogP) is 6.37. The average molecular weight is 541 g/mol. The zero-order valence-corrected chi connectivity index (χ0v) is 23.2. The molecule has 0 heterocycles. The van der Waals surface area contributed by atoms with E-state index < -0.39 is 40.3 Å². The molecule has 0 radical (unpaired) electrons. The van der Waals surface area contributed by atoms with Crippen molar-refractivity contribution >= 4 is 23.7 Å². The summed E-state index contributed by atoms with van der Waals surface area (Å²) in [5, 5.41) is 11.4. The van der Waals surface area contributed by atoms with Crippen molar-refractivity contribution in [1.82, 2.24) is 4.90 Å². The van der Waals surface area contributed by atoms with Crippen LogP contribution >= 0.6 is 0 Å². The highest BCUT2D eigenvalue weighted by molar-refractivity contribution is 5.94. The fourth-order valence-electron chi connectivity index (χ4n) is 3.48. The van der Waals surface area contributed by atoms with E-state index >= 15 is 0 Å². The van der Waals surface area contributed by atoms with Crippen molar-refractivity contribution in [3.63, 3.8) is 0 Å². The summed E-state index contributed by atoms with van der Waals surface area (Å²) in [6, 6.07) is 16.0. The van der Waals surface area contributed by atoms with Gasteiger partial charge in [0.05, 0.1) is 4.92 Å². The van der Waals surface area contributed by atoms with Gasteiger partial charge >= 0.3 is 18.2 Å². The van der Waals surface area contributed by atoms with E-state index in [1.54, 1.807) is 96.1 Å². The molecule has 0 saturated heterocycles. The van der Waals surface area contributed by atoms with E-state index in [2.05, 4.69) is 0 Å². The van der Waals surface area contributed by atoms with E-state index in [1.165, 1.54) is 0 Å². The van der Waals surface area contributed by atoms with Gasteiger partial charge in [-0.25, -0.2) is 14.4 Å². The SMILES string of the molecule is CC(C)(C)OC(=O)N(C(=O)OC(C)(C)C)[C@H](CC/C(=C/[N+](=O)[O-])c1ccccc1)C(=O)OCc1ccccc1. The summed E-state index contributed by atoms with van der Waals surface area (Å²) >= 11 is 0. The van der Waals surface area contributed by atoms with Crippen LogP contribution < -0.4 is 0 Å². The Balaban J connectivity index is 2.47. The Morgan fingerprint density at radius 3 is 1.82 bits per heavy atom. The summed E-state index contributed by atoms with van der Waals surface area (Å²) in [6.45, 7) is 9.61.